The lowest BCUT2D eigenvalue weighted by Crippen LogP contribution is -2.39. The number of hydrogen-bond donors (Lipinski definition) is 1. The zero-order valence-corrected chi connectivity index (χ0v) is 11.8. The van der Waals surface area contributed by atoms with Gasteiger partial charge in [-0.25, -0.2) is 0 Å². The molecule has 5 heteroatoms. The molecule has 0 spiro atoms. The van der Waals surface area contributed by atoms with E-state index in [1.54, 1.807) is 13.8 Å². The maximum Gasteiger partial charge on any atom is 0.155 e. The van der Waals surface area contributed by atoms with E-state index < -0.39 is 5.60 Å². The average molecular weight is 258 g/mol. The van der Waals surface area contributed by atoms with Crippen molar-refractivity contribution in [1.82, 2.24) is 10.2 Å². The van der Waals surface area contributed by atoms with Crippen molar-refractivity contribution in [3.63, 3.8) is 0 Å². The summed E-state index contributed by atoms with van der Waals surface area (Å²) in [5, 5.41) is 18.4. The SMILES string of the molecule is CCN(CC(C)(C)O)c1nnc(Cl)c(C)c1C. The molecule has 1 heterocycles. The highest BCUT2D eigenvalue weighted by Gasteiger charge is 2.21. The molecule has 0 saturated heterocycles. The van der Waals surface area contributed by atoms with Gasteiger partial charge in [0.15, 0.2) is 11.0 Å². The molecule has 96 valence electrons. The van der Waals surface area contributed by atoms with Crippen LogP contribution in [0.5, 0.6) is 0 Å². The summed E-state index contributed by atoms with van der Waals surface area (Å²) in [6.45, 7) is 10.8. The van der Waals surface area contributed by atoms with Gasteiger partial charge in [0, 0.05) is 13.1 Å². The van der Waals surface area contributed by atoms with Gasteiger partial charge in [-0.1, -0.05) is 11.6 Å². The van der Waals surface area contributed by atoms with E-state index in [2.05, 4.69) is 10.2 Å². The minimum absolute atomic E-state index is 0.436. The minimum atomic E-state index is -0.766. The van der Waals surface area contributed by atoms with Gasteiger partial charge in [-0.05, 0) is 45.7 Å². The van der Waals surface area contributed by atoms with E-state index in [9.17, 15) is 5.11 Å². The molecule has 1 aromatic rings. The molecule has 0 radical (unpaired) electrons. The molecule has 0 amide bonds. The summed E-state index contributed by atoms with van der Waals surface area (Å²) in [5.41, 5.74) is 1.18. The van der Waals surface area contributed by atoms with E-state index in [1.165, 1.54) is 0 Å². The normalized spacial score (nSPS) is 11.7. The van der Waals surface area contributed by atoms with Crippen LogP contribution in [0.4, 0.5) is 5.82 Å². The lowest BCUT2D eigenvalue weighted by molar-refractivity contribution is 0.0873. The molecule has 17 heavy (non-hydrogen) atoms. The quantitative estimate of drug-likeness (QED) is 0.900. The lowest BCUT2D eigenvalue weighted by Gasteiger charge is -2.30. The number of hydrogen-bond acceptors (Lipinski definition) is 4. The number of aliphatic hydroxyl groups is 1. The Hall–Kier alpha value is -0.870. The molecule has 0 aliphatic rings. The predicted molar refractivity (Wildman–Crippen MR) is 70.7 cm³/mol. The Labute approximate surface area is 108 Å². The fourth-order valence-electron chi connectivity index (χ4n) is 1.67. The standard InChI is InChI=1S/C12H20ClN3O/c1-6-16(7-12(4,5)17)11-9(3)8(2)10(13)14-15-11/h17H,6-7H2,1-5H3. The maximum absolute atomic E-state index is 9.88. The summed E-state index contributed by atoms with van der Waals surface area (Å²) >= 11 is 5.93. The zero-order chi connectivity index (χ0) is 13.2. The van der Waals surface area contributed by atoms with Crippen LogP contribution >= 0.6 is 11.6 Å². The van der Waals surface area contributed by atoms with Crippen LogP contribution in [-0.2, 0) is 0 Å². The first-order chi connectivity index (χ1) is 7.76. The molecule has 0 aromatic carbocycles. The molecule has 0 saturated carbocycles. The van der Waals surface area contributed by atoms with Crippen LogP contribution in [0, 0.1) is 13.8 Å². The van der Waals surface area contributed by atoms with Crippen LogP contribution in [0.1, 0.15) is 31.9 Å². The minimum Gasteiger partial charge on any atom is -0.389 e. The number of nitrogens with zero attached hydrogens (tertiary/aromatic N) is 3. The van der Waals surface area contributed by atoms with Crippen molar-refractivity contribution in [3.05, 3.63) is 16.3 Å². The Morgan fingerprint density at radius 3 is 2.29 bits per heavy atom. The van der Waals surface area contributed by atoms with Gasteiger partial charge < -0.3 is 10.0 Å². The second-order valence-electron chi connectivity index (χ2n) is 4.89. The Kier molecular flexibility index (Phi) is 4.33. The predicted octanol–water partition coefficient (Wildman–Crippen LogP) is 2.34. The second kappa shape index (κ2) is 5.19. The smallest absolute Gasteiger partial charge is 0.155 e. The molecule has 1 aromatic heterocycles. The zero-order valence-electron chi connectivity index (χ0n) is 11.1. The number of aromatic nitrogens is 2. The Bertz CT molecular complexity index is 401. The molecule has 0 aliphatic carbocycles. The van der Waals surface area contributed by atoms with Crippen molar-refractivity contribution < 1.29 is 5.11 Å². The highest BCUT2D eigenvalue weighted by Crippen LogP contribution is 2.24. The Morgan fingerprint density at radius 2 is 1.82 bits per heavy atom. The fraction of sp³-hybridized carbons (Fsp3) is 0.667. The van der Waals surface area contributed by atoms with Gasteiger partial charge in [0.05, 0.1) is 5.60 Å². The lowest BCUT2D eigenvalue weighted by atomic mass is 10.1. The second-order valence-corrected chi connectivity index (χ2v) is 5.25. The highest BCUT2D eigenvalue weighted by molar-refractivity contribution is 6.30. The Balaban J connectivity index is 3.09. The third-order valence-corrected chi connectivity index (χ3v) is 3.06. The molecule has 0 aliphatic heterocycles. The van der Waals surface area contributed by atoms with Crippen molar-refractivity contribution in [2.75, 3.05) is 18.0 Å². The van der Waals surface area contributed by atoms with Crippen LogP contribution in [-0.4, -0.2) is 34.0 Å². The van der Waals surface area contributed by atoms with Gasteiger partial charge in [0.2, 0.25) is 0 Å². The molecular weight excluding hydrogens is 238 g/mol. The van der Waals surface area contributed by atoms with E-state index in [0.717, 1.165) is 23.5 Å². The summed E-state index contributed by atoms with van der Waals surface area (Å²) in [4.78, 5) is 2.01. The first-order valence-electron chi connectivity index (χ1n) is 5.73. The van der Waals surface area contributed by atoms with Crippen LogP contribution < -0.4 is 4.90 Å². The molecule has 0 unspecified atom stereocenters. The third kappa shape index (κ3) is 3.54. The number of likely N-dealkylation sites (N-methyl/N-ethyl adjacent to an activating group) is 1. The van der Waals surface area contributed by atoms with Crippen molar-refractivity contribution >= 4 is 17.4 Å². The van der Waals surface area contributed by atoms with E-state index in [0.29, 0.717) is 11.7 Å². The summed E-state index contributed by atoms with van der Waals surface area (Å²) < 4.78 is 0. The van der Waals surface area contributed by atoms with Crippen LogP contribution in [0.2, 0.25) is 5.15 Å². The summed E-state index contributed by atoms with van der Waals surface area (Å²) in [7, 11) is 0. The average Bonchev–Trinajstić information content (AvgIpc) is 2.22. The maximum atomic E-state index is 9.88. The van der Waals surface area contributed by atoms with Crippen molar-refractivity contribution in [2.24, 2.45) is 0 Å². The van der Waals surface area contributed by atoms with E-state index in [-0.39, 0.29) is 0 Å². The van der Waals surface area contributed by atoms with E-state index in [4.69, 9.17) is 11.6 Å². The first kappa shape index (κ1) is 14.2. The molecule has 4 nitrogen and oxygen atoms in total. The summed E-state index contributed by atoms with van der Waals surface area (Å²) in [6.07, 6.45) is 0. The van der Waals surface area contributed by atoms with Gasteiger partial charge >= 0.3 is 0 Å². The largest absolute Gasteiger partial charge is 0.389 e. The molecule has 0 fully saturated rings. The molecule has 0 atom stereocenters. The monoisotopic (exact) mass is 257 g/mol. The number of anilines is 1. The summed E-state index contributed by atoms with van der Waals surface area (Å²) in [6, 6.07) is 0. The van der Waals surface area contributed by atoms with Gasteiger partial charge in [-0.2, -0.15) is 0 Å². The van der Waals surface area contributed by atoms with Gasteiger partial charge in [0.1, 0.15) is 0 Å². The van der Waals surface area contributed by atoms with E-state index >= 15 is 0 Å². The fourth-order valence-corrected chi connectivity index (χ4v) is 1.85. The number of rotatable bonds is 4. The van der Waals surface area contributed by atoms with E-state index in [1.807, 2.05) is 25.7 Å². The van der Waals surface area contributed by atoms with Crippen LogP contribution in [0.25, 0.3) is 0 Å². The first-order valence-corrected chi connectivity index (χ1v) is 6.10. The van der Waals surface area contributed by atoms with Gasteiger partial charge in [-0.3, -0.25) is 0 Å². The third-order valence-electron chi connectivity index (χ3n) is 2.70. The van der Waals surface area contributed by atoms with Gasteiger partial charge in [0.25, 0.3) is 0 Å². The van der Waals surface area contributed by atoms with Crippen LogP contribution in [0.3, 0.4) is 0 Å². The van der Waals surface area contributed by atoms with Crippen molar-refractivity contribution in [3.8, 4) is 0 Å². The summed E-state index contributed by atoms with van der Waals surface area (Å²) in [5.74, 6) is 0.788. The number of halogens is 1. The molecule has 0 bridgehead atoms. The molecular formula is C12H20ClN3O. The van der Waals surface area contributed by atoms with Crippen molar-refractivity contribution in [2.45, 2.75) is 40.2 Å². The highest BCUT2D eigenvalue weighted by atomic mass is 35.5. The molecule has 1 rings (SSSR count). The van der Waals surface area contributed by atoms with Crippen LogP contribution in [0.15, 0.2) is 0 Å². The van der Waals surface area contributed by atoms with Gasteiger partial charge in [-0.15, -0.1) is 10.2 Å². The molecule has 1 N–H and O–H groups in total. The Morgan fingerprint density at radius 1 is 1.24 bits per heavy atom. The topological polar surface area (TPSA) is 49.2 Å². The van der Waals surface area contributed by atoms with Crippen molar-refractivity contribution in [1.29, 1.82) is 0 Å².